The summed E-state index contributed by atoms with van der Waals surface area (Å²) >= 11 is 11.6. The predicted molar refractivity (Wildman–Crippen MR) is 139 cm³/mol. The highest BCUT2D eigenvalue weighted by atomic mass is 35.5. The molecule has 16 heteroatoms. The molecule has 0 aliphatic rings. The van der Waals surface area contributed by atoms with E-state index in [1.807, 2.05) is 0 Å². The molecular weight excluding hydrogens is 606 g/mol. The first-order valence-corrected chi connectivity index (χ1v) is 14.7. The van der Waals surface area contributed by atoms with Crippen molar-refractivity contribution in [1.29, 1.82) is 0 Å². The van der Waals surface area contributed by atoms with E-state index in [9.17, 15) is 34.8 Å². The molecule has 0 aliphatic carbocycles. The lowest BCUT2D eigenvalue weighted by Crippen LogP contribution is -2.32. The first-order valence-electron chi connectivity index (χ1n) is 10.6. The molecule has 1 heterocycles. The maximum Gasteiger partial charge on any atom is 0.417 e. The highest BCUT2D eigenvalue weighted by Crippen LogP contribution is 2.36. The van der Waals surface area contributed by atoms with Crippen LogP contribution in [0.3, 0.4) is 0 Å². The van der Waals surface area contributed by atoms with Crippen molar-refractivity contribution in [3.8, 4) is 0 Å². The van der Waals surface area contributed by atoms with Crippen LogP contribution in [0.4, 0.5) is 18.9 Å². The Kier molecular flexibility index (Phi) is 8.99. The first kappa shape index (κ1) is 30.8. The molecule has 0 amide bonds. The van der Waals surface area contributed by atoms with Gasteiger partial charge < -0.3 is 4.74 Å². The van der Waals surface area contributed by atoms with Crippen LogP contribution < -0.4 is 9.03 Å². The molecule has 210 valence electrons. The van der Waals surface area contributed by atoms with Crippen molar-refractivity contribution in [3.05, 3.63) is 87.2 Å². The number of ketones is 1. The summed E-state index contributed by atoms with van der Waals surface area (Å²) in [5, 5.41) is -0.718. The van der Waals surface area contributed by atoms with Crippen LogP contribution in [0.25, 0.3) is 0 Å². The topological polar surface area (TPSA) is 123 Å². The molecule has 39 heavy (non-hydrogen) atoms. The molecule has 3 rings (SSSR count). The van der Waals surface area contributed by atoms with E-state index in [1.54, 1.807) is 0 Å². The van der Waals surface area contributed by atoms with Crippen molar-refractivity contribution < 1.29 is 39.5 Å². The van der Waals surface area contributed by atoms with Gasteiger partial charge in [-0.2, -0.15) is 17.9 Å². The Morgan fingerprint density at radius 2 is 1.72 bits per heavy atom. The second-order valence-electron chi connectivity index (χ2n) is 8.04. The largest absolute Gasteiger partial charge is 0.417 e. The van der Waals surface area contributed by atoms with Crippen LogP contribution in [0.5, 0.6) is 0 Å². The molecular formula is C23H20Cl2F3N3O6S2. The first-order chi connectivity index (χ1) is 18.0. The fraction of sp³-hybridized carbons (Fsp3) is 0.217. The van der Waals surface area contributed by atoms with Gasteiger partial charge in [-0.25, -0.2) is 16.8 Å². The Labute approximate surface area is 232 Å². The number of carbonyl (C=O) groups excluding carboxylic acids is 1. The maximum atomic E-state index is 13.6. The van der Waals surface area contributed by atoms with Crippen LogP contribution in [-0.2, 0) is 31.0 Å². The van der Waals surface area contributed by atoms with Gasteiger partial charge in [0.15, 0.2) is 0 Å². The molecule has 0 spiro atoms. The number of para-hydroxylation sites is 1. The van der Waals surface area contributed by atoms with Crippen molar-refractivity contribution in [2.24, 2.45) is 0 Å². The number of alkyl halides is 3. The Bertz CT molecular complexity index is 1630. The summed E-state index contributed by atoms with van der Waals surface area (Å²) < 4.78 is 98.4. The standard InChI is InChI=1S/C23H20Cl2F3N3O6S2/c1-31(38(3,33)34)19-7-5-4-6-15(19)21(32)20-16(10-13(24)12-29-20)22(37-2)30-39(35,36)14-8-9-18(25)17(11-14)23(26,27)28/h4-12,22,30H,1-3H3. The minimum atomic E-state index is -4.92. The van der Waals surface area contributed by atoms with Crippen molar-refractivity contribution in [1.82, 2.24) is 9.71 Å². The number of aromatic nitrogens is 1. The fourth-order valence-corrected chi connectivity index (χ4v) is 5.50. The van der Waals surface area contributed by atoms with Gasteiger partial charge in [-0.1, -0.05) is 35.3 Å². The molecule has 1 aromatic heterocycles. The van der Waals surface area contributed by atoms with Gasteiger partial charge >= 0.3 is 6.18 Å². The number of rotatable bonds is 9. The van der Waals surface area contributed by atoms with Gasteiger partial charge in [0.25, 0.3) is 0 Å². The number of methoxy groups -OCH3 is 1. The van der Waals surface area contributed by atoms with Gasteiger partial charge in [0, 0.05) is 31.5 Å². The van der Waals surface area contributed by atoms with Crippen LogP contribution in [0.2, 0.25) is 10.0 Å². The number of hydrogen-bond acceptors (Lipinski definition) is 7. The number of hydrogen-bond donors (Lipinski definition) is 1. The smallest absolute Gasteiger partial charge is 0.361 e. The van der Waals surface area contributed by atoms with E-state index >= 15 is 0 Å². The third-order valence-corrected chi connectivity index (χ3v) is 8.54. The van der Waals surface area contributed by atoms with E-state index in [1.165, 1.54) is 37.4 Å². The highest BCUT2D eigenvalue weighted by molar-refractivity contribution is 7.92. The third-order valence-electron chi connectivity index (χ3n) is 5.42. The summed E-state index contributed by atoms with van der Waals surface area (Å²) in [6.07, 6.45) is -4.52. The lowest BCUT2D eigenvalue weighted by Gasteiger charge is -2.22. The fourth-order valence-electron chi connectivity index (χ4n) is 3.43. The molecule has 1 unspecified atom stereocenters. The number of anilines is 1. The molecule has 1 atom stereocenters. The number of sulfonamides is 2. The van der Waals surface area contributed by atoms with Crippen molar-refractivity contribution in [2.75, 3.05) is 24.7 Å². The Morgan fingerprint density at radius 3 is 2.31 bits per heavy atom. The molecule has 9 nitrogen and oxygen atoms in total. The molecule has 1 N–H and O–H groups in total. The molecule has 0 saturated carbocycles. The van der Waals surface area contributed by atoms with Gasteiger partial charge in [-0.15, -0.1) is 0 Å². The molecule has 0 radical (unpaired) electrons. The lowest BCUT2D eigenvalue weighted by atomic mass is 10.0. The van der Waals surface area contributed by atoms with E-state index in [2.05, 4.69) is 9.71 Å². The quantitative estimate of drug-likeness (QED) is 0.271. The number of nitrogens with one attached hydrogen (secondary N) is 1. The van der Waals surface area contributed by atoms with Crippen LogP contribution in [0, 0.1) is 0 Å². The zero-order chi connectivity index (χ0) is 29.3. The van der Waals surface area contributed by atoms with Gasteiger partial charge in [0.05, 0.1) is 32.4 Å². The number of nitrogens with zero attached hydrogens (tertiary/aromatic N) is 2. The normalized spacial score (nSPS) is 13.2. The van der Waals surface area contributed by atoms with Gasteiger partial charge in [0.1, 0.15) is 11.9 Å². The second kappa shape index (κ2) is 11.4. The zero-order valence-electron chi connectivity index (χ0n) is 20.3. The van der Waals surface area contributed by atoms with Crippen LogP contribution >= 0.6 is 23.2 Å². The number of benzene rings is 2. The summed E-state index contributed by atoms with van der Waals surface area (Å²) in [7, 11) is -6.13. The van der Waals surface area contributed by atoms with Crippen LogP contribution in [0.15, 0.2) is 59.6 Å². The lowest BCUT2D eigenvalue weighted by molar-refractivity contribution is -0.137. The van der Waals surface area contributed by atoms with E-state index in [0.717, 1.165) is 36.0 Å². The van der Waals surface area contributed by atoms with E-state index in [-0.39, 0.29) is 27.5 Å². The van der Waals surface area contributed by atoms with Gasteiger partial charge in [-0.05, 0) is 36.4 Å². The maximum absolute atomic E-state index is 13.6. The van der Waals surface area contributed by atoms with Crippen molar-refractivity contribution in [2.45, 2.75) is 17.3 Å². The Hall–Kier alpha value is -2.75. The van der Waals surface area contributed by atoms with Gasteiger partial charge in [-0.3, -0.25) is 14.1 Å². The minimum absolute atomic E-state index is 0.0168. The molecule has 0 bridgehead atoms. The zero-order valence-corrected chi connectivity index (χ0v) is 23.5. The summed E-state index contributed by atoms with van der Waals surface area (Å²) in [4.78, 5) is 16.8. The Morgan fingerprint density at radius 1 is 1.08 bits per heavy atom. The number of ether oxygens (including phenoxy) is 1. The SMILES string of the molecule is COC(NS(=O)(=O)c1ccc(Cl)c(C(F)(F)F)c1)c1cc(Cl)cnc1C(=O)c1ccccc1N(C)S(C)(=O)=O. The van der Waals surface area contributed by atoms with E-state index in [0.29, 0.717) is 6.07 Å². The highest BCUT2D eigenvalue weighted by Gasteiger charge is 2.35. The number of pyridine rings is 1. The van der Waals surface area contributed by atoms with Crippen LogP contribution in [0.1, 0.15) is 33.4 Å². The van der Waals surface area contributed by atoms with Crippen molar-refractivity contribution >= 4 is 54.7 Å². The molecule has 0 aliphatic heterocycles. The van der Waals surface area contributed by atoms with Gasteiger partial charge in [0.2, 0.25) is 25.8 Å². The van der Waals surface area contributed by atoms with Crippen LogP contribution in [-0.4, -0.2) is 48.0 Å². The summed E-state index contributed by atoms with van der Waals surface area (Å²) in [5.74, 6) is -0.806. The van der Waals surface area contributed by atoms with E-state index < -0.39 is 53.7 Å². The average Bonchev–Trinajstić information content (AvgIpc) is 2.85. The monoisotopic (exact) mass is 625 g/mol. The average molecular weight is 626 g/mol. The summed E-state index contributed by atoms with van der Waals surface area (Å²) in [5.41, 5.74) is -1.97. The number of halogens is 5. The summed E-state index contributed by atoms with van der Waals surface area (Å²) in [6, 6.07) is 8.92. The molecule has 2 aromatic carbocycles. The number of carbonyl (C=O) groups is 1. The Balaban J connectivity index is 2.09. The molecule has 0 fully saturated rings. The third kappa shape index (κ3) is 6.88. The molecule has 3 aromatic rings. The second-order valence-corrected chi connectivity index (χ2v) is 12.6. The molecule has 0 saturated heterocycles. The van der Waals surface area contributed by atoms with Crippen molar-refractivity contribution in [3.63, 3.8) is 0 Å². The minimum Gasteiger partial charge on any atom is -0.361 e. The predicted octanol–water partition coefficient (Wildman–Crippen LogP) is 4.66. The van der Waals surface area contributed by atoms with E-state index in [4.69, 9.17) is 27.9 Å². The summed E-state index contributed by atoms with van der Waals surface area (Å²) in [6.45, 7) is 0.